The molecule has 3 nitrogen and oxygen atoms in total. The lowest BCUT2D eigenvalue weighted by molar-refractivity contribution is -0.302. The number of hydrogen-bond donors (Lipinski definition) is 0. The van der Waals surface area contributed by atoms with E-state index in [-0.39, 0.29) is 11.3 Å². The zero-order valence-electron chi connectivity index (χ0n) is 11.9. The number of halogens is 4. The molecule has 0 aliphatic carbocycles. The average Bonchev–Trinajstić information content (AvgIpc) is 2.98. The van der Waals surface area contributed by atoms with Crippen LogP contribution in [0, 0.1) is 0 Å². The summed E-state index contributed by atoms with van der Waals surface area (Å²) in [5, 5.41) is 15.1. The summed E-state index contributed by atoms with van der Waals surface area (Å²) < 4.78 is 44.1. The Labute approximate surface area is 143 Å². The van der Waals surface area contributed by atoms with E-state index in [4.69, 9.17) is 16.3 Å². The van der Waals surface area contributed by atoms with Crippen LogP contribution in [-0.4, -0.2) is 18.2 Å². The molecule has 0 N–H and O–H groups in total. The monoisotopic (exact) mass is 373 g/mol. The number of carboxylic acids is 1. The molecule has 1 atom stereocenters. The van der Waals surface area contributed by atoms with Crippen LogP contribution in [0.3, 0.4) is 0 Å². The van der Waals surface area contributed by atoms with Gasteiger partial charge in [0, 0.05) is 16.2 Å². The van der Waals surface area contributed by atoms with E-state index in [1.54, 1.807) is 0 Å². The van der Waals surface area contributed by atoms with Crippen molar-refractivity contribution in [3.05, 3.63) is 56.2 Å². The molecule has 3 rings (SSSR count). The van der Waals surface area contributed by atoms with Gasteiger partial charge in [-0.15, -0.1) is 0 Å². The summed E-state index contributed by atoms with van der Waals surface area (Å²) in [4.78, 5) is 11.0. The van der Waals surface area contributed by atoms with E-state index in [1.165, 1.54) is 23.5 Å². The number of rotatable bonds is 3. The number of hydrogen-bond acceptors (Lipinski definition) is 4. The van der Waals surface area contributed by atoms with Crippen molar-refractivity contribution < 1.29 is 27.8 Å². The predicted octanol–water partition coefficient (Wildman–Crippen LogP) is 3.45. The smallest absolute Gasteiger partial charge is 0.429 e. The molecule has 0 spiro atoms. The topological polar surface area (TPSA) is 49.4 Å². The van der Waals surface area contributed by atoms with Gasteiger partial charge in [-0.25, -0.2) is 0 Å². The molecule has 0 saturated heterocycles. The molecule has 1 aromatic heterocycles. The Hall–Kier alpha value is -1.99. The third-order valence-corrected chi connectivity index (χ3v) is 4.61. The van der Waals surface area contributed by atoms with Crippen molar-refractivity contribution in [3.8, 4) is 5.75 Å². The zero-order valence-corrected chi connectivity index (χ0v) is 13.5. The van der Waals surface area contributed by atoms with Gasteiger partial charge < -0.3 is 14.6 Å². The lowest BCUT2D eigenvalue weighted by atomic mass is 9.98. The molecule has 1 aromatic carbocycles. The Bertz CT molecular complexity index is 813. The van der Waals surface area contributed by atoms with Crippen LogP contribution >= 0.6 is 22.9 Å². The largest absolute Gasteiger partial charge is 0.545 e. The van der Waals surface area contributed by atoms with Crippen LogP contribution in [0.4, 0.5) is 13.2 Å². The lowest BCUT2D eigenvalue weighted by Crippen LogP contribution is -2.44. The molecule has 1 aliphatic heterocycles. The normalized spacial score (nSPS) is 17.0. The highest BCUT2D eigenvalue weighted by Crippen LogP contribution is 2.39. The second-order valence-electron chi connectivity index (χ2n) is 5.22. The minimum absolute atomic E-state index is 0.0584. The van der Waals surface area contributed by atoms with Crippen LogP contribution in [-0.2, 0) is 11.2 Å². The van der Waals surface area contributed by atoms with Crippen molar-refractivity contribution in [2.75, 3.05) is 0 Å². The maximum Gasteiger partial charge on any atom is 0.429 e. The number of thiophene rings is 1. The van der Waals surface area contributed by atoms with Gasteiger partial charge >= 0.3 is 6.18 Å². The number of benzene rings is 1. The van der Waals surface area contributed by atoms with E-state index in [0.717, 1.165) is 11.6 Å². The van der Waals surface area contributed by atoms with E-state index in [2.05, 4.69) is 0 Å². The number of carbonyl (C=O) groups excluding carboxylic acids is 1. The second kappa shape index (κ2) is 6.14. The molecule has 0 bridgehead atoms. The molecule has 1 aliphatic rings. The second-order valence-corrected chi connectivity index (χ2v) is 6.40. The summed E-state index contributed by atoms with van der Waals surface area (Å²) in [6.45, 7) is 0. The summed E-state index contributed by atoms with van der Waals surface area (Å²) in [6.07, 6.45) is -6.10. The standard InChI is InChI=1S/C16H10ClF3O3S/c17-12-5-10-4-11(15(21)22)14(16(18,19)20)23-13(10)6-9(12)3-8-1-2-24-7-8/h1-2,4-7,14H,3H2,(H,21,22)/p-1/t14-/m0/s1. The first-order chi connectivity index (χ1) is 11.3. The highest BCUT2D eigenvalue weighted by molar-refractivity contribution is 7.07. The van der Waals surface area contributed by atoms with Gasteiger partial charge in [-0.3, -0.25) is 0 Å². The number of ether oxygens (including phenoxy) is 1. The molecule has 24 heavy (non-hydrogen) atoms. The van der Waals surface area contributed by atoms with Crippen molar-refractivity contribution in [3.63, 3.8) is 0 Å². The fourth-order valence-corrected chi connectivity index (χ4v) is 3.32. The van der Waals surface area contributed by atoms with Crippen LogP contribution in [0.15, 0.2) is 34.5 Å². The van der Waals surface area contributed by atoms with E-state index < -0.39 is 23.8 Å². The minimum atomic E-state index is -4.86. The highest BCUT2D eigenvalue weighted by atomic mass is 35.5. The number of alkyl halides is 3. The molecule has 2 aromatic rings. The minimum Gasteiger partial charge on any atom is -0.545 e. The Morgan fingerprint density at radius 3 is 2.71 bits per heavy atom. The molecule has 2 heterocycles. The molecule has 8 heteroatoms. The first kappa shape index (κ1) is 16.9. The van der Waals surface area contributed by atoms with Crippen LogP contribution < -0.4 is 9.84 Å². The number of aliphatic carboxylic acids is 1. The van der Waals surface area contributed by atoms with E-state index in [1.807, 2.05) is 16.8 Å². The van der Waals surface area contributed by atoms with Crippen molar-refractivity contribution >= 4 is 35.0 Å². The van der Waals surface area contributed by atoms with Crippen LogP contribution in [0.2, 0.25) is 5.02 Å². The van der Waals surface area contributed by atoms with Gasteiger partial charge in [-0.05, 0) is 52.6 Å². The Balaban J connectivity index is 2.03. The van der Waals surface area contributed by atoms with Gasteiger partial charge in [0.25, 0.3) is 0 Å². The lowest BCUT2D eigenvalue weighted by Gasteiger charge is -2.29. The maximum atomic E-state index is 13.0. The van der Waals surface area contributed by atoms with Crippen molar-refractivity contribution in [1.82, 2.24) is 0 Å². The van der Waals surface area contributed by atoms with Crippen molar-refractivity contribution in [2.45, 2.75) is 18.7 Å². The molecular formula is C16H9ClF3O3S-. The molecule has 126 valence electrons. The Kier molecular flexibility index (Phi) is 4.31. The Morgan fingerprint density at radius 2 is 2.12 bits per heavy atom. The van der Waals surface area contributed by atoms with E-state index >= 15 is 0 Å². The van der Waals surface area contributed by atoms with Gasteiger partial charge in [-0.2, -0.15) is 24.5 Å². The van der Waals surface area contributed by atoms with Crippen molar-refractivity contribution in [2.24, 2.45) is 0 Å². The van der Waals surface area contributed by atoms with Crippen molar-refractivity contribution in [1.29, 1.82) is 0 Å². The molecular weight excluding hydrogens is 365 g/mol. The van der Waals surface area contributed by atoms with Crippen LogP contribution in [0.25, 0.3) is 6.08 Å². The van der Waals surface area contributed by atoms with Gasteiger partial charge in [0.15, 0.2) is 0 Å². The third kappa shape index (κ3) is 3.27. The summed E-state index contributed by atoms with van der Waals surface area (Å²) in [6, 6.07) is 4.69. The quantitative estimate of drug-likeness (QED) is 0.828. The summed E-state index contributed by atoms with van der Waals surface area (Å²) >= 11 is 7.66. The summed E-state index contributed by atoms with van der Waals surface area (Å²) in [7, 11) is 0. The first-order valence-corrected chi connectivity index (χ1v) is 8.07. The molecule has 0 amide bonds. The Morgan fingerprint density at radius 1 is 1.38 bits per heavy atom. The van der Waals surface area contributed by atoms with Gasteiger partial charge in [0.2, 0.25) is 6.10 Å². The number of carboxylic acid groups (broad SMARTS) is 1. The molecule has 0 unspecified atom stereocenters. The van der Waals surface area contributed by atoms with Crippen LogP contribution in [0.5, 0.6) is 5.75 Å². The summed E-state index contributed by atoms with van der Waals surface area (Å²) in [5.41, 5.74) is 0.765. The zero-order chi connectivity index (χ0) is 17.5. The number of fused-ring (bicyclic) bond motifs is 1. The molecule has 0 radical (unpaired) electrons. The summed E-state index contributed by atoms with van der Waals surface area (Å²) in [5.74, 6) is -1.99. The number of carbonyl (C=O) groups is 1. The maximum absolute atomic E-state index is 13.0. The van der Waals surface area contributed by atoms with Gasteiger partial charge in [0.05, 0.1) is 5.97 Å². The fourth-order valence-electron chi connectivity index (χ4n) is 2.42. The first-order valence-electron chi connectivity index (χ1n) is 6.75. The van der Waals surface area contributed by atoms with Crippen LogP contribution in [0.1, 0.15) is 16.7 Å². The average molecular weight is 374 g/mol. The fraction of sp³-hybridized carbons (Fsp3) is 0.188. The van der Waals surface area contributed by atoms with E-state index in [0.29, 0.717) is 17.0 Å². The van der Waals surface area contributed by atoms with Gasteiger partial charge in [-0.1, -0.05) is 11.6 Å². The molecule has 0 fully saturated rings. The predicted molar refractivity (Wildman–Crippen MR) is 82.0 cm³/mol. The SMILES string of the molecule is O=C([O-])C1=Cc2cc(Cl)c(Cc3ccsc3)cc2O[C@@H]1C(F)(F)F. The molecule has 0 saturated carbocycles. The highest BCUT2D eigenvalue weighted by Gasteiger charge is 2.46. The third-order valence-electron chi connectivity index (χ3n) is 3.52. The van der Waals surface area contributed by atoms with Gasteiger partial charge in [0.1, 0.15) is 5.75 Å². The van der Waals surface area contributed by atoms with E-state index in [9.17, 15) is 23.1 Å².